The molecule has 1 saturated heterocycles. The van der Waals surface area contributed by atoms with E-state index in [1.54, 1.807) is 0 Å². The molecular formula is C16H23N3O3S. The third-order valence-electron chi connectivity index (χ3n) is 4.68. The van der Waals surface area contributed by atoms with Crippen LogP contribution in [0.25, 0.3) is 0 Å². The second-order valence-electron chi connectivity index (χ2n) is 6.44. The van der Waals surface area contributed by atoms with Crippen molar-refractivity contribution in [2.75, 3.05) is 24.2 Å². The van der Waals surface area contributed by atoms with E-state index in [0.29, 0.717) is 25.9 Å². The number of fused-ring (bicyclic) bond motifs is 1. The molecule has 6 nitrogen and oxygen atoms in total. The highest BCUT2D eigenvalue weighted by atomic mass is 32.2. The summed E-state index contributed by atoms with van der Waals surface area (Å²) in [5.41, 5.74) is 2.17. The minimum atomic E-state index is -3.13. The molecule has 2 aliphatic rings. The zero-order valence-electron chi connectivity index (χ0n) is 13.5. The van der Waals surface area contributed by atoms with Gasteiger partial charge in [0.15, 0.2) is 0 Å². The number of carbonyl (C=O) groups is 1. The average Bonchev–Trinajstić information content (AvgIpc) is 2.82. The molecule has 0 bridgehead atoms. The number of amides is 2. The number of para-hydroxylation sites is 1. The van der Waals surface area contributed by atoms with Crippen LogP contribution in [0.2, 0.25) is 0 Å². The third-order valence-corrected chi connectivity index (χ3v) is 5.98. The Morgan fingerprint density at radius 1 is 1.22 bits per heavy atom. The fraction of sp³-hybridized carbons (Fsp3) is 0.562. The Kier molecular flexibility index (Phi) is 4.33. The van der Waals surface area contributed by atoms with Crippen LogP contribution in [0.1, 0.15) is 25.3 Å². The first-order valence-corrected chi connectivity index (χ1v) is 9.84. The van der Waals surface area contributed by atoms with E-state index in [4.69, 9.17) is 0 Å². The Hall–Kier alpha value is -1.60. The first kappa shape index (κ1) is 16.3. The molecule has 3 rings (SSSR count). The summed E-state index contributed by atoms with van der Waals surface area (Å²) in [4.78, 5) is 14.5. The molecule has 2 amide bonds. The molecule has 7 heteroatoms. The van der Waals surface area contributed by atoms with Crippen molar-refractivity contribution in [1.29, 1.82) is 0 Å². The molecule has 2 aliphatic heterocycles. The van der Waals surface area contributed by atoms with Gasteiger partial charge >= 0.3 is 6.03 Å². The zero-order valence-corrected chi connectivity index (χ0v) is 14.3. The monoisotopic (exact) mass is 337 g/mol. The van der Waals surface area contributed by atoms with Crippen molar-refractivity contribution < 1.29 is 13.2 Å². The number of nitrogens with zero attached hydrogens (tertiary/aromatic N) is 2. The van der Waals surface area contributed by atoms with Crippen LogP contribution in [0.4, 0.5) is 10.5 Å². The van der Waals surface area contributed by atoms with Gasteiger partial charge in [0, 0.05) is 30.9 Å². The van der Waals surface area contributed by atoms with Crippen LogP contribution in [-0.2, 0) is 16.4 Å². The summed E-state index contributed by atoms with van der Waals surface area (Å²) in [7, 11) is -3.13. The Bertz CT molecular complexity index is 696. The first-order chi connectivity index (χ1) is 10.9. The van der Waals surface area contributed by atoms with Crippen LogP contribution >= 0.6 is 0 Å². The summed E-state index contributed by atoms with van der Waals surface area (Å²) >= 11 is 0. The molecule has 0 unspecified atom stereocenters. The van der Waals surface area contributed by atoms with Crippen LogP contribution in [0.5, 0.6) is 0 Å². The molecule has 0 aliphatic carbocycles. The molecule has 0 spiro atoms. The van der Waals surface area contributed by atoms with Gasteiger partial charge in [-0.05, 0) is 37.8 Å². The highest BCUT2D eigenvalue weighted by Crippen LogP contribution is 2.31. The highest BCUT2D eigenvalue weighted by Gasteiger charge is 2.33. The van der Waals surface area contributed by atoms with Crippen molar-refractivity contribution in [1.82, 2.24) is 9.62 Å². The molecule has 1 N–H and O–H groups in total. The van der Waals surface area contributed by atoms with Crippen molar-refractivity contribution in [3.63, 3.8) is 0 Å². The standard InChI is InChI=1S/C16H23N3O3S/c1-12-11-13-5-3-4-6-15(13)19(12)16(20)17-14-7-9-18(10-8-14)23(2,21)22/h3-6,12,14H,7-11H2,1-2H3,(H,17,20)/t12-/m1/s1. The molecule has 1 atom stereocenters. The van der Waals surface area contributed by atoms with Gasteiger partial charge in [-0.25, -0.2) is 17.5 Å². The second-order valence-corrected chi connectivity index (χ2v) is 8.42. The number of benzene rings is 1. The predicted octanol–water partition coefficient (Wildman–Crippen LogP) is 1.57. The molecule has 23 heavy (non-hydrogen) atoms. The molecule has 1 fully saturated rings. The van der Waals surface area contributed by atoms with Crippen molar-refractivity contribution in [2.24, 2.45) is 0 Å². The van der Waals surface area contributed by atoms with E-state index in [1.165, 1.54) is 16.1 Å². The van der Waals surface area contributed by atoms with E-state index in [0.717, 1.165) is 12.1 Å². The lowest BCUT2D eigenvalue weighted by atomic mass is 10.1. The van der Waals surface area contributed by atoms with Crippen LogP contribution in [0.15, 0.2) is 24.3 Å². The quantitative estimate of drug-likeness (QED) is 0.890. The summed E-state index contributed by atoms with van der Waals surface area (Å²) in [5.74, 6) is 0. The van der Waals surface area contributed by atoms with Gasteiger partial charge in [-0.2, -0.15) is 0 Å². The highest BCUT2D eigenvalue weighted by molar-refractivity contribution is 7.88. The van der Waals surface area contributed by atoms with Crippen molar-refractivity contribution >= 4 is 21.7 Å². The van der Waals surface area contributed by atoms with Gasteiger partial charge in [0.25, 0.3) is 0 Å². The number of carbonyl (C=O) groups excluding carboxylic acids is 1. The number of rotatable bonds is 2. The minimum absolute atomic E-state index is 0.0282. The lowest BCUT2D eigenvalue weighted by Gasteiger charge is -2.32. The lowest BCUT2D eigenvalue weighted by molar-refractivity contribution is 0.232. The van der Waals surface area contributed by atoms with E-state index in [1.807, 2.05) is 30.0 Å². The SMILES string of the molecule is C[C@@H]1Cc2ccccc2N1C(=O)NC1CCN(S(C)(=O)=O)CC1. The van der Waals surface area contributed by atoms with Gasteiger partial charge in [-0.1, -0.05) is 18.2 Å². The Balaban J connectivity index is 1.63. The van der Waals surface area contributed by atoms with Crippen LogP contribution < -0.4 is 10.2 Å². The van der Waals surface area contributed by atoms with E-state index < -0.39 is 10.0 Å². The van der Waals surface area contributed by atoms with Crippen molar-refractivity contribution in [2.45, 2.75) is 38.3 Å². The maximum atomic E-state index is 12.6. The van der Waals surface area contributed by atoms with Crippen LogP contribution in [0, 0.1) is 0 Å². The van der Waals surface area contributed by atoms with E-state index in [9.17, 15) is 13.2 Å². The molecule has 2 heterocycles. The maximum absolute atomic E-state index is 12.6. The molecule has 1 aromatic carbocycles. The normalized spacial score (nSPS) is 22.9. The number of nitrogens with one attached hydrogen (secondary N) is 1. The lowest BCUT2D eigenvalue weighted by Crippen LogP contribution is -2.51. The van der Waals surface area contributed by atoms with E-state index in [2.05, 4.69) is 11.4 Å². The van der Waals surface area contributed by atoms with Gasteiger partial charge in [0.1, 0.15) is 0 Å². The summed E-state index contributed by atoms with van der Waals surface area (Å²) in [6.07, 6.45) is 3.41. The van der Waals surface area contributed by atoms with Gasteiger partial charge < -0.3 is 5.32 Å². The Morgan fingerprint density at radius 2 is 1.87 bits per heavy atom. The van der Waals surface area contributed by atoms with Gasteiger partial charge in [0.2, 0.25) is 10.0 Å². The fourth-order valence-electron chi connectivity index (χ4n) is 3.45. The van der Waals surface area contributed by atoms with Gasteiger partial charge in [-0.3, -0.25) is 4.90 Å². The number of hydrogen-bond acceptors (Lipinski definition) is 3. The third kappa shape index (κ3) is 3.35. The molecule has 0 aromatic heterocycles. The van der Waals surface area contributed by atoms with Crippen molar-refractivity contribution in [3.05, 3.63) is 29.8 Å². The molecule has 126 valence electrons. The van der Waals surface area contributed by atoms with Gasteiger partial charge in [0.05, 0.1) is 6.26 Å². The van der Waals surface area contributed by atoms with Crippen molar-refractivity contribution in [3.8, 4) is 0 Å². The summed E-state index contributed by atoms with van der Waals surface area (Å²) in [5, 5.41) is 3.07. The van der Waals surface area contributed by atoms with E-state index in [-0.39, 0.29) is 18.1 Å². The molecule has 0 radical (unpaired) electrons. The van der Waals surface area contributed by atoms with E-state index >= 15 is 0 Å². The number of piperidine rings is 1. The zero-order chi connectivity index (χ0) is 16.6. The summed E-state index contributed by atoms with van der Waals surface area (Å²) in [6.45, 7) is 2.98. The summed E-state index contributed by atoms with van der Waals surface area (Å²) < 4.78 is 24.5. The molecule has 0 saturated carbocycles. The predicted molar refractivity (Wildman–Crippen MR) is 90.1 cm³/mol. The maximum Gasteiger partial charge on any atom is 0.322 e. The number of hydrogen-bond donors (Lipinski definition) is 1. The number of anilines is 1. The smallest absolute Gasteiger partial charge is 0.322 e. The Morgan fingerprint density at radius 3 is 2.52 bits per heavy atom. The average molecular weight is 337 g/mol. The largest absolute Gasteiger partial charge is 0.335 e. The Labute approximate surface area is 137 Å². The summed E-state index contributed by atoms with van der Waals surface area (Å²) in [6, 6.07) is 8.06. The number of urea groups is 1. The molecule has 1 aromatic rings. The second kappa shape index (κ2) is 6.13. The van der Waals surface area contributed by atoms with Gasteiger partial charge in [-0.15, -0.1) is 0 Å². The van der Waals surface area contributed by atoms with Crippen LogP contribution in [0.3, 0.4) is 0 Å². The first-order valence-electron chi connectivity index (χ1n) is 7.99. The number of sulfonamides is 1. The fourth-order valence-corrected chi connectivity index (χ4v) is 4.33. The van der Waals surface area contributed by atoms with Crippen LogP contribution in [-0.4, -0.2) is 50.2 Å². The minimum Gasteiger partial charge on any atom is -0.335 e. The molecular weight excluding hydrogens is 314 g/mol. The topological polar surface area (TPSA) is 69.7 Å².